The average Bonchev–Trinajstić information content (AvgIpc) is 2.98. The van der Waals surface area contributed by atoms with Crippen molar-refractivity contribution in [2.24, 2.45) is 0 Å². The Labute approximate surface area is 173 Å². The van der Waals surface area contributed by atoms with Gasteiger partial charge in [-0.1, -0.05) is 11.6 Å². The summed E-state index contributed by atoms with van der Waals surface area (Å²) in [5.74, 6) is -0.443. The second-order valence-electron chi connectivity index (χ2n) is 7.44. The molecule has 2 aliphatic rings. The minimum atomic E-state index is -1.01. The number of piperidine rings is 1. The van der Waals surface area contributed by atoms with Crippen molar-refractivity contribution in [2.45, 2.75) is 43.9 Å². The molecule has 2 aromatic rings. The maximum atomic E-state index is 13.0. The van der Waals surface area contributed by atoms with Gasteiger partial charge in [0, 0.05) is 36.6 Å². The van der Waals surface area contributed by atoms with Gasteiger partial charge in [0.2, 0.25) is 0 Å². The van der Waals surface area contributed by atoms with Crippen molar-refractivity contribution in [3.63, 3.8) is 0 Å². The molecule has 4 rings (SSSR count). The Morgan fingerprint density at radius 3 is 2.24 bits per heavy atom. The van der Waals surface area contributed by atoms with E-state index in [4.69, 9.17) is 26.7 Å². The number of carbonyl (C=O) groups is 2. The van der Waals surface area contributed by atoms with E-state index in [2.05, 4.69) is 0 Å². The van der Waals surface area contributed by atoms with Crippen LogP contribution in [-0.2, 0) is 0 Å². The lowest BCUT2D eigenvalue weighted by atomic mass is 9.98. The lowest BCUT2D eigenvalue weighted by Gasteiger charge is -2.39. The molecule has 6 nitrogen and oxygen atoms in total. The van der Waals surface area contributed by atoms with Crippen LogP contribution in [0.25, 0.3) is 0 Å². The first kappa shape index (κ1) is 19.3. The van der Waals surface area contributed by atoms with E-state index in [1.54, 1.807) is 30.3 Å². The summed E-state index contributed by atoms with van der Waals surface area (Å²) >= 11 is 6.09. The lowest BCUT2D eigenvalue weighted by molar-refractivity contribution is 0.0358. The fourth-order valence-electron chi connectivity index (χ4n) is 4.31. The summed E-state index contributed by atoms with van der Waals surface area (Å²) in [5, 5.41) is 18.4. The van der Waals surface area contributed by atoms with Crippen LogP contribution >= 0.6 is 11.6 Å². The monoisotopic (exact) mass is 410 g/mol. The van der Waals surface area contributed by atoms with Crippen molar-refractivity contribution >= 4 is 23.5 Å². The number of hydrogen-bond acceptors (Lipinski definition) is 4. The van der Waals surface area contributed by atoms with Gasteiger partial charge in [0.15, 0.2) is 0 Å². The molecule has 2 bridgehead atoms. The number of carbonyl (C=O) groups excluding carboxylic acids is 1. The average molecular weight is 411 g/mol. The highest BCUT2D eigenvalue weighted by atomic mass is 35.5. The number of carboxylic acid groups (broad SMARTS) is 1. The molecule has 0 aliphatic carbocycles. The Morgan fingerprint density at radius 2 is 1.69 bits per heavy atom. The van der Waals surface area contributed by atoms with Gasteiger partial charge in [0.05, 0.1) is 16.1 Å². The summed E-state index contributed by atoms with van der Waals surface area (Å²) in [7, 11) is 0. The molecule has 7 heteroatoms. The minimum Gasteiger partial charge on any atom is -0.490 e. The molecule has 0 saturated carbocycles. The summed E-state index contributed by atoms with van der Waals surface area (Å²) in [6.07, 6.45) is 3.30. The second kappa shape index (κ2) is 7.76. The maximum Gasteiger partial charge on any atom is 0.335 e. The van der Waals surface area contributed by atoms with Gasteiger partial charge < -0.3 is 14.7 Å². The largest absolute Gasteiger partial charge is 0.490 e. The predicted molar refractivity (Wildman–Crippen MR) is 106 cm³/mol. The number of carboxylic acids is 1. The Balaban J connectivity index is 1.45. The number of rotatable bonds is 4. The van der Waals surface area contributed by atoms with Gasteiger partial charge in [0.1, 0.15) is 17.9 Å². The van der Waals surface area contributed by atoms with E-state index in [0.29, 0.717) is 21.9 Å². The minimum absolute atomic E-state index is 0.0186. The molecule has 2 aliphatic heterocycles. The number of fused-ring (bicyclic) bond motifs is 2. The molecule has 148 valence electrons. The quantitative estimate of drug-likeness (QED) is 0.818. The van der Waals surface area contributed by atoms with E-state index in [-0.39, 0.29) is 29.7 Å². The van der Waals surface area contributed by atoms with Crippen LogP contribution in [0.1, 0.15) is 52.0 Å². The standard InChI is InChI=1S/C22H19ClN2O4/c23-20-11-18(8-5-15(20)12-24)29-19-9-16-6-7-17(10-19)25(16)21(26)13-1-3-14(4-2-13)22(27)28/h1-5,8,11,16-17,19H,6-7,9-10H2,(H,27,28)/t16-,17+,19?. The van der Waals surface area contributed by atoms with E-state index in [1.165, 1.54) is 12.1 Å². The predicted octanol–water partition coefficient (Wildman–Crippen LogP) is 4.12. The maximum absolute atomic E-state index is 13.0. The molecule has 29 heavy (non-hydrogen) atoms. The molecule has 2 heterocycles. The summed E-state index contributed by atoms with van der Waals surface area (Å²) in [4.78, 5) is 26.0. The highest BCUT2D eigenvalue weighted by molar-refractivity contribution is 6.31. The summed E-state index contributed by atoms with van der Waals surface area (Å²) in [6, 6.07) is 13.3. The summed E-state index contributed by atoms with van der Waals surface area (Å²) in [5.41, 5.74) is 1.08. The Bertz CT molecular complexity index is 985. The topological polar surface area (TPSA) is 90.6 Å². The zero-order valence-corrected chi connectivity index (χ0v) is 16.3. The number of nitrogens with zero attached hydrogens (tertiary/aromatic N) is 2. The number of nitriles is 1. The van der Waals surface area contributed by atoms with E-state index >= 15 is 0 Å². The van der Waals surface area contributed by atoms with Crippen molar-refractivity contribution in [2.75, 3.05) is 0 Å². The van der Waals surface area contributed by atoms with Crippen LogP contribution in [-0.4, -0.2) is 40.1 Å². The van der Waals surface area contributed by atoms with Gasteiger partial charge in [-0.05, 0) is 49.2 Å². The van der Waals surface area contributed by atoms with Gasteiger partial charge in [-0.2, -0.15) is 5.26 Å². The van der Waals surface area contributed by atoms with Gasteiger partial charge in [-0.3, -0.25) is 4.79 Å². The summed E-state index contributed by atoms with van der Waals surface area (Å²) in [6.45, 7) is 0. The van der Waals surface area contributed by atoms with Crippen LogP contribution in [0.15, 0.2) is 42.5 Å². The van der Waals surface area contributed by atoms with Crippen molar-refractivity contribution in [1.82, 2.24) is 4.90 Å². The first-order valence-electron chi connectivity index (χ1n) is 9.48. The number of halogens is 1. The first-order valence-corrected chi connectivity index (χ1v) is 9.86. The zero-order chi connectivity index (χ0) is 20.5. The second-order valence-corrected chi connectivity index (χ2v) is 7.85. The van der Waals surface area contributed by atoms with Crippen LogP contribution < -0.4 is 4.74 Å². The molecule has 0 aromatic heterocycles. The van der Waals surface area contributed by atoms with Crippen LogP contribution in [0.4, 0.5) is 0 Å². The van der Waals surface area contributed by atoms with Crippen LogP contribution in [0.5, 0.6) is 5.75 Å². The third-order valence-corrected chi connectivity index (χ3v) is 5.98. The van der Waals surface area contributed by atoms with Gasteiger partial charge in [-0.15, -0.1) is 0 Å². The third-order valence-electron chi connectivity index (χ3n) is 5.67. The first-order chi connectivity index (χ1) is 14.0. The van der Waals surface area contributed by atoms with Crippen LogP contribution in [0, 0.1) is 11.3 Å². The Hall–Kier alpha value is -3.04. The van der Waals surface area contributed by atoms with Gasteiger partial charge in [0.25, 0.3) is 5.91 Å². The molecule has 2 aromatic carbocycles. The number of aromatic carboxylic acids is 1. The molecular formula is C22H19ClN2O4. The molecule has 3 atom stereocenters. The molecule has 0 spiro atoms. The van der Waals surface area contributed by atoms with Crippen molar-refractivity contribution < 1.29 is 19.4 Å². The number of hydrogen-bond donors (Lipinski definition) is 1. The molecule has 1 amide bonds. The van der Waals surface area contributed by atoms with E-state index < -0.39 is 5.97 Å². The third kappa shape index (κ3) is 3.79. The van der Waals surface area contributed by atoms with Gasteiger partial charge >= 0.3 is 5.97 Å². The van der Waals surface area contributed by atoms with Crippen LogP contribution in [0.2, 0.25) is 5.02 Å². The highest BCUT2D eigenvalue weighted by Gasteiger charge is 2.44. The molecule has 2 saturated heterocycles. The van der Waals surface area contributed by atoms with Crippen molar-refractivity contribution in [3.8, 4) is 11.8 Å². The fourth-order valence-corrected chi connectivity index (χ4v) is 4.52. The lowest BCUT2D eigenvalue weighted by Crippen LogP contribution is -2.49. The Kier molecular flexibility index (Phi) is 5.16. The van der Waals surface area contributed by atoms with Crippen LogP contribution in [0.3, 0.4) is 0 Å². The fraction of sp³-hybridized carbons (Fsp3) is 0.318. The van der Waals surface area contributed by atoms with E-state index in [0.717, 1.165) is 25.7 Å². The Morgan fingerprint density at radius 1 is 1.07 bits per heavy atom. The van der Waals surface area contributed by atoms with Crippen molar-refractivity contribution in [3.05, 3.63) is 64.2 Å². The summed E-state index contributed by atoms with van der Waals surface area (Å²) < 4.78 is 6.10. The van der Waals surface area contributed by atoms with E-state index in [9.17, 15) is 9.59 Å². The normalized spacial score (nSPS) is 22.8. The molecular weight excluding hydrogens is 392 g/mol. The zero-order valence-electron chi connectivity index (χ0n) is 15.5. The number of amides is 1. The molecule has 2 fully saturated rings. The SMILES string of the molecule is N#Cc1ccc(OC2C[C@H]3CC[C@@H](C2)N3C(=O)c2ccc(C(=O)O)cc2)cc1Cl. The highest BCUT2D eigenvalue weighted by Crippen LogP contribution is 2.38. The molecule has 0 radical (unpaired) electrons. The van der Waals surface area contributed by atoms with Crippen molar-refractivity contribution in [1.29, 1.82) is 5.26 Å². The molecule has 1 unspecified atom stereocenters. The molecule has 1 N–H and O–H groups in total. The number of benzene rings is 2. The van der Waals surface area contributed by atoms with Gasteiger partial charge in [-0.25, -0.2) is 4.79 Å². The van der Waals surface area contributed by atoms with E-state index in [1.807, 2.05) is 11.0 Å². The smallest absolute Gasteiger partial charge is 0.335 e. The number of ether oxygens (including phenoxy) is 1.